The topological polar surface area (TPSA) is 12.0 Å². The maximum absolute atomic E-state index is 12.3. The molecule has 1 nitrogen and oxygen atoms in total. The second-order valence-electron chi connectivity index (χ2n) is 4.42. The van der Waals surface area contributed by atoms with Gasteiger partial charge in [-0.3, -0.25) is 0 Å². The third-order valence-electron chi connectivity index (χ3n) is 2.99. The predicted octanol–water partition coefficient (Wildman–Crippen LogP) is 3.38. The Morgan fingerprint density at radius 2 is 1.81 bits per heavy atom. The highest BCUT2D eigenvalue weighted by Gasteiger charge is 2.30. The lowest BCUT2D eigenvalue weighted by molar-refractivity contribution is -0.137. The van der Waals surface area contributed by atoms with Crippen LogP contribution in [-0.2, 0) is 6.18 Å². The molecule has 2 atom stereocenters. The van der Waals surface area contributed by atoms with Gasteiger partial charge in [0.1, 0.15) is 0 Å². The first-order valence-corrected chi connectivity index (χ1v) is 5.37. The van der Waals surface area contributed by atoms with E-state index in [1.165, 1.54) is 0 Å². The fourth-order valence-electron chi connectivity index (χ4n) is 2.07. The molecular formula is C12H14F3N. The van der Waals surface area contributed by atoms with E-state index in [9.17, 15) is 13.2 Å². The van der Waals surface area contributed by atoms with Crippen molar-refractivity contribution in [3.63, 3.8) is 0 Å². The van der Waals surface area contributed by atoms with E-state index in [1.807, 2.05) is 0 Å². The SMILES string of the molecule is C[C@@H]1CN[C@@H](c2ccc(C(F)(F)F)cc2)C1. The van der Waals surface area contributed by atoms with Gasteiger partial charge in [0, 0.05) is 6.04 Å². The van der Waals surface area contributed by atoms with Crippen LogP contribution < -0.4 is 5.32 Å². The highest BCUT2D eigenvalue weighted by Crippen LogP contribution is 2.32. The van der Waals surface area contributed by atoms with E-state index in [-0.39, 0.29) is 6.04 Å². The summed E-state index contributed by atoms with van der Waals surface area (Å²) in [5, 5.41) is 3.30. The number of rotatable bonds is 1. The molecule has 88 valence electrons. The zero-order valence-corrected chi connectivity index (χ0v) is 9.01. The fourth-order valence-corrected chi connectivity index (χ4v) is 2.07. The molecule has 1 N–H and O–H groups in total. The van der Waals surface area contributed by atoms with E-state index < -0.39 is 11.7 Å². The summed E-state index contributed by atoms with van der Waals surface area (Å²) in [6.45, 7) is 3.07. The van der Waals surface area contributed by atoms with E-state index >= 15 is 0 Å². The Hall–Kier alpha value is -1.03. The number of halogens is 3. The summed E-state index contributed by atoms with van der Waals surface area (Å²) < 4.78 is 37.0. The molecule has 0 saturated carbocycles. The smallest absolute Gasteiger partial charge is 0.310 e. The number of benzene rings is 1. The molecule has 1 aromatic rings. The minimum Gasteiger partial charge on any atom is -0.310 e. The van der Waals surface area contributed by atoms with Crippen LogP contribution in [0.5, 0.6) is 0 Å². The molecule has 1 aliphatic rings. The van der Waals surface area contributed by atoms with Crippen molar-refractivity contribution in [2.24, 2.45) is 5.92 Å². The average molecular weight is 229 g/mol. The number of hydrogen-bond acceptors (Lipinski definition) is 1. The summed E-state index contributed by atoms with van der Waals surface area (Å²) >= 11 is 0. The monoisotopic (exact) mass is 229 g/mol. The van der Waals surface area contributed by atoms with Crippen molar-refractivity contribution in [3.05, 3.63) is 35.4 Å². The molecule has 1 aromatic carbocycles. The Morgan fingerprint density at radius 1 is 1.19 bits per heavy atom. The third kappa shape index (κ3) is 2.38. The third-order valence-corrected chi connectivity index (χ3v) is 2.99. The van der Waals surface area contributed by atoms with Crippen LogP contribution in [0.25, 0.3) is 0 Å². The maximum Gasteiger partial charge on any atom is 0.416 e. The highest BCUT2D eigenvalue weighted by molar-refractivity contribution is 5.27. The number of alkyl halides is 3. The van der Waals surface area contributed by atoms with Crippen LogP contribution in [0.2, 0.25) is 0 Å². The second-order valence-corrected chi connectivity index (χ2v) is 4.42. The first-order chi connectivity index (χ1) is 7.47. The Kier molecular flexibility index (Phi) is 2.93. The minimum absolute atomic E-state index is 0.206. The van der Waals surface area contributed by atoms with E-state index in [2.05, 4.69) is 12.2 Å². The molecule has 0 aliphatic carbocycles. The molecule has 1 fully saturated rings. The Labute approximate surface area is 92.7 Å². The molecule has 1 heterocycles. The second kappa shape index (κ2) is 4.09. The van der Waals surface area contributed by atoms with Crippen LogP contribution in [0.4, 0.5) is 13.2 Å². The quantitative estimate of drug-likeness (QED) is 0.778. The minimum atomic E-state index is -4.24. The average Bonchev–Trinajstić information content (AvgIpc) is 2.64. The lowest BCUT2D eigenvalue weighted by atomic mass is 10.0. The first kappa shape index (κ1) is 11.5. The van der Waals surface area contributed by atoms with Gasteiger partial charge in [0.2, 0.25) is 0 Å². The molecule has 0 bridgehead atoms. The van der Waals surface area contributed by atoms with Gasteiger partial charge in [-0.1, -0.05) is 19.1 Å². The van der Waals surface area contributed by atoms with Gasteiger partial charge in [-0.05, 0) is 36.6 Å². The molecular weight excluding hydrogens is 215 g/mol. The van der Waals surface area contributed by atoms with E-state index in [0.717, 1.165) is 30.7 Å². The molecule has 1 saturated heterocycles. The summed E-state index contributed by atoms with van der Waals surface area (Å²) in [4.78, 5) is 0. The predicted molar refractivity (Wildman–Crippen MR) is 56.0 cm³/mol. The van der Waals surface area contributed by atoms with E-state index in [0.29, 0.717) is 5.92 Å². The summed E-state index contributed by atoms with van der Waals surface area (Å²) in [5.74, 6) is 0.590. The van der Waals surface area contributed by atoms with E-state index in [4.69, 9.17) is 0 Å². The fraction of sp³-hybridized carbons (Fsp3) is 0.500. The van der Waals surface area contributed by atoms with Crippen molar-refractivity contribution in [1.29, 1.82) is 0 Å². The van der Waals surface area contributed by atoms with Crippen molar-refractivity contribution in [3.8, 4) is 0 Å². The van der Waals surface area contributed by atoms with Crippen LogP contribution in [0.3, 0.4) is 0 Å². The van der Waals surface area contributed by atoms with Crippen molar-refractivity contribution in [1.82, 2.24) is 5.32 Å². The Balaban J connectivity index is 2.14. The summed E-state index contributed by atoms with van der Waals surface area (Å²) in [6, 6.07) is 5.65. The van der Waals surface area contributed by atoms with Crippen molar-refractivity contribution in [2.75, 3.05) is 6.54 Å². The van der Waals surface area contributed by atoms with Gasteiger partial charge in [-0.15, -0.1) is 0 Å². The first-order valence-electron chi connectivity index (χ1n) is 5.37. The summed E-state index contributed by atoms with van der Waals surface area (Å²) in [7, 11) is 0. The van der Waals surface area contributed by atoms with Gasteiger partial charge in [-0.25, -0.2) is 0 Å². The Morgan fingerprint density at radius 3 is 2.25 bits per heavy atom. The summed E-state index contributed by atoms with van der Waals surface area (Å²) in [5.41, 5.74) is 0.361. The molecule has 0 radical (unpaired) electrons. The van der Waals surface area contributed by atoms with E-state index in [1.54, 1.807) is 12.1 Å². The lowest BCUT2D eigenvalue weighted by Gasteiger charge is -2.12. The lowest BCUT2D eigenvalue weighted by Crippen LogP contribution is -2.13. The van der Waals surface area contributed by atoms with Crippen LogP contribution >= 0.6 is 0 Å². The maximum atomic E-state index is 12.3. The van der Waals surface area contributed by atoms with Crippen molar-refractivity contribution >= 4 is 0 Å². The molecule has 2 rings (SSSR count). The van der Waals surface area contributed by atoms with Crippen LogP contribution in [-0.4, -0.2) is 6.54 Å². The summed E-state index contributed by atoms with van der Waals surface area (Å²) in [6.07, 6.45) is -3.25. The molecule has 1 aliphatic heterocycles. The standard InChI is InChI=1S/C12H14F3N/c1-8-6-11(16-7-8)9-2-4-10(5-3-9)12(13,14)15/h2-5,8,11,16H,6-7H2,1H3/t8-,11+/m0/s1. The Bertz CT molecular complexity index is 356. The highest BCUT2D eigenvalue weighted by atomic mass is 19.4. The zero-order valence-electron chi connectivity index (χ0n) is 9.01. The zero-order chi connectivity index (χ0) is 11.8. The van der Waals surface area contributed by atoms with Crippen LogP contribution in [0.15, 0.2) is 24.3 Å². The molecule has 0 unspecified atom stereocenters. The normalized spacial score (nSPS) is 26.0. The molecule has 0 spiro atoms. The van der Waals surface area contributed by atoms with Crippen molar-refractivity contribution in [2.45, 2.75) is 25.6 Å². The molecule has 0 amide bonds. The van der Waals surface area contributed by atoms with Crippen molar-refractivity contribution < 1.29 is 13.2 Å². The molecule has 0 aromatic heterocycles. The van der Waals surface area contributed by atoms with Crippen LogP contribution in [0.1, 0.15) is 30.5 Å². The largest absolute Gasteiger partial charge is 0.416 e. The van der Waals surface area contributed by atoms with Gasteiger partial charge in [-0.2, -0.15) is 13.2 Å². The van der Waals surface area contributed by atoms with Gasteiger partial charge in [0.25, 0.3) is 0 Å². The number of hydrogen-bond donors (Lipinski definition) is 1. The number of nitrogens with one attached hydrogen (secondary N) is 1. The molecule has 16 heavy (non-hydrogen) atoms. The van der Waals surface area contributed by atoms with Gasteiger partial charge >= 0.3 is 6.18 Å². The van der Waals surface area contributed by atoms with Gasteiger partial charge in [0.15, 0.2) is 0 Å². The van der Waals surface area contributed by atoms with Crippen LogP contribution in [0, 0.1) is 5.92 Å². The van der Waals surface area contributed by atoms with Gasteiger partial charge in [0.05, 0.1) is 5.56 Å². The molecule has 4 heteroatoms. The van der Waals surface area contributed by atoms with Gasteiger partial charge < -0.3 is 5.32 Å².